The van der Waals surface area contributed by atoms with Crippen molar-refractivity contribution in [3.05, 3.63) is 29.3 Å². The number of phenols is 1. The van der Waals surface area contributed by atoms with Crippen LogP contribution in [0.2, 0.25) is 0 Å². The molecule has 0 radical (unpaired) electrons. The molecule has 0 spiro atoms. The molecule has 1 aliphatic rings. The molecule has 1 aromatic carbocycles. The molecule has 1 heterocycles. The lowest BCUT2D eigenvalue weighted by molar-refractivity contribution is 0.107. The third-order valence-corrected chi connectivity index (χ3v) is 2.41. The van der Waals surface area contributed by atoms with E-state index in [9.17, 15) is 10.2 Å². The Morgan fingerprint density at radius 2 is 2.23 bits per heavy atom. The molecule has 3 nitrogen and oxygen atoms in total. The van der Waals surface area contributed by atoms with E-state index in [1.165, 1.54) is 0 Å². The van der Waals surface area contributed by atoms with Crippen molar-refractivity contribution in [1.29, 1.82) is 0 Å². The molecular weight excluding hydrogens is 166 g/mol. The number of likely N-dealkylation sites (N-methyl/N-ethyl adjacent to an activating group) is 1. The Morgan fingerprint density at radius 1 is 1.46 bits per heavy atom. The second kappa shape index (κ2) is 3.01. The third-order valence-electron chi connectivity index (χ3n) is 2.41. The van der Waals surface area contributed by atoms with Crippen LogP contribution in [-0.2, 0) is 6.54 Å². The zero-order valence-corrected chi connectivity index (χ0v) is 7.57. The fourth-order valence-corrected chi connectivity index (χ4v) is 1.79. The van der Waals surface area contributed by atoms with Gasteiger partial charge in [-0.3, -0.25) is 4.90 Å². The highest BCUT2D eigenvalue weighted by atomic mass is 16.3. The Balaban J connectivity index is 2.43. The Kier molecular flexibility index (Phi) is 1.98. The Bertz CT molecular complexity index is 325. The molecule has 0 saturated carbocycles. The smallest absolute Gasteiger partial charge is 0.115 e. The first-order valence-electron chi connectivity index (χ1n) is 4.35. The average Bonchev–Trinajstić information content (AvgIpc) is 2.06. The average molecular weight is 179 g/mol. The van der Waals surface area contributed by atoms with E-state index < -0.39 is 6.10 Å². The van der Waals surface area contributed by atoms with Crippen molar-refractivity contribution < 1.29 is 10.2 Å². The number of phenolic OH excluding ortho intramolecular Hbond substituents is 1. The van der Waals surface area contributed by atoms with Crippen LogP contribution in [0.15, 0.2) is 18.2 Å². The summed E-state index contributed by atoms with van der Waals surface area (Å²) < 4.78 is 0. The van der Waals surface area contributed by atoms with E-state index in [1.54, 1.807) is 12.1 Å². The van der Waals surface area contributed by atoms with Gasteiger partial charge in [-0.05, 0) is 30.3 Å². The zero-order valence-electron chi connectivity index (χ0n) is 7.57. The van der Waals surface area contributed by atoms with Crippen LogP contribution in [-0.4, -0.2) is 28.7 Å². The van der Waals surface area contributed by atoms with E-state index in [4.69, 9.17) is 0 Å². The van der Waals surface area contributed by atoms with Gasteiger partial charge in [0.25, 0.3) is 0 Å². The molecule has 0 unspecified atom stereocenters. The highest BCUT2D eigenvalue weighted by Crippen LogP contribution is 2.28. The predicted octanol–water partition coefficient (Wildman–Crippen LogP) is 0.871. The van der Waals surface area contributed by atoms with E-state index in [-0.39, 0.29) is 5.75 Å². The molecule has 1 aliphatic heterocycles. The number of aromatic hydroxyl groups is 1. The van der Waals surface area contributed by atoms with Crippen molar-refractivity contribution in [2.75, 3.05) is 13.6 Å². The number of aliphatic hydroxyl groups is 1. The van der Waals surface area contributed by atoms with Crippen molar-refractivity contribution >= 4 is 0 Å². The standard InChI is InChI=1S/C10H13NO2/c1-11-5-7-2-3-8(12)4-9(7)10(13)6-11/h2-4,10,12-13H,5-6H2,1H3/t10-/m0/s1. The molecule has 3 heteroatoms. The number of benzene rings is 1. The van der Waals surface area contributed by atoms with E-state index in [0.29, 0.717) is 6.54 Å². The van der Waals surface area contributed by atoms with Gasteiger partial charge in [-0.15, -0.1) is 0 Å². The monoisotopic (exact) mass is 179 g/mol. The van der Waals surface area contributed by atoms with Crippen molar-refractivity contribution in [2.24, 2.45) is 0 Å². The van der Waals surface area contributed by atoms with Crippen molar-refractivity contribution in [2.45, 2.75) is 12.6 Å². The molecule has 1 aromatic rings. The van der Waals surface area contributed by atoms with Gasteiger partial charge in [-0.1, -0.05) is 6.07 Å². The van der Waals surface area contributed by atoms with Crippen LogP contribution in [0.4, 0.5) is 0 Å². The lowest BCUT2D eigenvalue weighted by Gasteiger charge is -2.29. The summed E-state index contributed by atoms with van der Waals surface area (Å²) in [6.07, 6.45) is -0.471. The van der Waals surface area contributed by atoms with E-state index in [1.807, 2.05) is 13.1 Å². The summed E-state index contributed by atoms with van der Waals surface area (Å²) in [4.78, 5) is 2.06. The summed E-state index contributed by atoms with van der Waals surface area (Å²) in [6.45, 7) is 1.48. The molecule has 0 saturated heterocycles. The third kappa shape index (κ3) is 1.53. The number of hydrogen-bond donors (Lipinski definition) is 2. The Labute approximate surface area is 77.2 Å². The second-order valence-corrected chi connectivity index (χ2v) is 3.60. The summed E-state index contributed by atoms with van der Waals surface area (Å²) in [5, 5.41) is 19.0. The molecule has 2 rings (SSSR count). The summed E-state index contributed by atoms with van der Waals surface area (Å²) in [7, 11) is 1.97. The van der Waals surface area contributed by atoms with Gasteiger partial charge in [-0.2, -0.15) is 0 Å². The Morgan fingerprint density at radius 3 is 3.00 bits per heavy atom. The molecule has 70 valence electrons. The predicted molar refractivity (Wildman–Crippen MR) is 49.4 cm³/mol. The molecule has 1 atom stereocenters. The second-order valence-electron chi connectivity index (χ2n) is 3.60. The van der Waals surface area contributed by atoms with Crippen molar-refractivity contribution in [3.8, 4) is 5.75 Å². The molecular formula is C10H13NO2. The van der Waals surface area contributed by atoms with Gasteiger partial charge in [0, 0.05) is 13.1 Å². The first-order chi connectivity index (χ1) is 6.16. The fraction of sp³-hybridized carbons (Fsp3) is 0.400. The van der Waals surface area contributed by atoms with Crippen molar-refractivity contribution in [3.63, 3.8) is 0 Å². The fourth-order valence-electron chi connectivity index (χ4n) is 1.79. The molecule has 0 aliphatic carbocycles. The highest BCUT2D eigenvalue weighted by Gasteiger charge is 2.21. The lowest BCUT2D eigenvalue weighted by atomic mass is 9.97. The van der Waals surface area contributed by atoms with Crippen LogP contribution in [0.1, 0.15) is 17.2 Å². The molecule has 0 aromatic heterocycles. The summed E-state index contributed by atoms with van der Waals surface area (Å²) in [5.74, 6) is 0.224. The minimum Gasteiger partial charge on any atom is -0.508 e. The van der Waals surface area contributed by atoms with E-state index in [0.717, 1.165) is 17.7 Å². The van der Waals surface area contributed by atoms with Gasteiger partial charge < -0.3 is 10.2 Å². The van der Waals surface area contributed by atoms with Crippen molar-refractivity contribution in [1.82, 2.24) is 4.90 Å². The largest absolute Gasteiger partial charge is 0.508 e. The van der Waals surface area contributed by atoms with E-state index >= 15 is 0 Å². The van der Waals surface area contributed by atoms with Crippen LogP contribution < -0.4 is 0 Å². The number of fused-ring (bicyclic) bond motifs is 1. The number of hydrogen-bond acceptors (Lipinski definition) is 3. The summed E-state index contributed by atoms with van der Waals surface area (Å²) >= 11 is 0. The number of rotatable bonds is 0. The minimum absolute atomic E-state index is 0.224. The van der Waals surface area contributed by atoms with Gasteiger partial charge >= 0.3 is 0 Å². The van der Waals surface area contributed by atoms with Gasteiger partial charge in [0.05, 0.1) is 6.10 Å². The molecule has 0 fully saturated rings. The van der Waals surface area contributed by atoms with Gasteiger partial charge in [0.2, 0.25) is 0 Å². The van der Waals surface area contributed by atoms with Crippen LogP contribution in [0.25, 0.3) is 0 Å². The highest BCUT2D eigenvalue weighted by molar-refractivity contribution is 5.37. The Hall–Kier alpha value is -1.06. The molecule has 0 amide bonds. The normalized spacial score (nSPS) is 22.8. The summed E-state index contributed by atoms with van der Waals surface area (Å²) in [5.41, 5.74) is 1.96. The van der Waals surface area contributed by atoms with Gasteiger partial charge in [-0.25, -0.2) is 0 Å². The molecule has 13 heavy (non-hydrogen) atoms. The molecule has 2 N–H and O–H groups in total. The SMILES string of the molecule is CN1Cc2ccc(O)cc2[C@@H](O)C1. The van der Waals surface area contributed by atoms with E-state index in [2.05, 4.69) is 4.90 Å². The number of nitrogens with zero attached hydrogens (tertiary/aromatic N) is 1. The maximum absolute atomic E-state index is 9.70. The molecule has 0 bridgehead atoms. The van der Waals surface area contributed by atoms with Gasteiger partial charge in [0.1, 0.15) is 5.75 Å². The maximum Gasteiger partial charge on any atom is 0.115 e. The zero-order chi connectivity index (χ0) is 9.42. The minimum atomic E-state index is -0.471. The van der Waals surface area contributed by atoms with Crippen LogP contribution in [0, 0.1) is 0 Å². The summed E-state index contributed by atoms with van der Waals surface area (Å²) in [6, 6.07) is 5.17. The topological polar surface area (TPSA) is 43.7 Å². The van der Waals surface area contributed by atoms with Crippen LogP contribution in [0.5, 0.6) is 5.75 Å². The quantitative estimate of drug-likeness (QED) is 0.621. The lowest BCUT2D eigenvalue weighted by Crippen LogP contribution is -2.30. The number of β-amino-alcohol motifs (C(OH)–C–C–N with tert-alkyl or cyclic N) is 1. The van der Waals surface area contributed by atoms with Crippen LogP contribution >= 0.6 is 0 Å². The first-order valence-corrected chi connectivity index (χ1v) is 4.35. The van der Waals surface area contributed by atoms with Gasteiger partial charge in [0.15, 0.2) is 0 Å². The first kappa shape index (κ1) is 8.53. The number of aliphatic hydroxyl groups excluding tert-OH is 1. The van der Waals surface area contributed by atoms with Crippen LogP contribution in [0.3, 0.4) is 0 Å². The maximum atomic E-state index is 9.70.